The molecule has 0 saturated carbocycles. The summed E-state index contributed by atoms with van der Waals surface area (Å²) < 4.78 is 31.1. The number of nitrogens with zero attached hydrogens (tertiary/aromatic N) is 1. The van der Waals surface area contributed by atoms with Gasteiger partial charge < -0.3 is 4.74 Å². The number of aromatic nitrogens is 1. The molecular weight excluding hydrogens is 326 g/mol. The highest BCUT2D eigenvalue weighted by atomic mass is 32.2. The van der Waals surface area contributed by atoms with E-state index in [0.29, 0.717) is 27.9 Å². The van der Waals surface area contributed by atoms with Crippen LogP contribution in [0.15, 0.2) is 48.5 Å². The van der Waals surface area contributed by atoms with E-state index in [2.05, 4.69) is 0 Å². The highest BCUT2D eigenvalue weighted by Gasteiger charge is 2.18. The zero-order valence-electron chi connectivity index (χ0n) is 13.6. The van der Waals surface area contributed by atoms with Crippen LogP contribution in [0.1, 0.15) is 17.3 Å². The maximum absolute atomic E-state index is 12.3. The SMILES string of the molecule is COc1ccc(-c2cc3cc(C(C)=O)ccc3n2S(C)(=O)=O)cc1. The fourth-order valence-electron chi connectivity index (χ4n) is 2.73. The molecule has 124 valence electrons. The van der Waals surface area contributed by atoms with E-state index in [4.69, 9.17) is 4.74 Å². The molecule has 6 heteroatoms. The van der Waals surface area contributed by atoms with Gasteiger partial charge in [0, 0.05) is 10.9 Å². The molecule has 0 aliphatic carbocycles. The molecule has 0 bridgehead atoms. The number of ether oxygens (including phenoxy) is 1. The Balaban J connectivity index is 2.31. The van der Waals surface area contributed by atoms with Crippen LogP contribution in [-0.2, 0) is 10.0 Å². The number of hydrogen-bond donors (Lipinski definition) is 0. The van der Waals surface area contributed by atoms with Crippen molar-refractivity contribution < 1.29 is 17.9 Å². The zero-order valence-corrected chi connectivity index (χ0v) is 14.4. The Kier molecular flexibility index (Phi) is 3.93. The van der Waals surface area contributed by atoms with E-state index in [0.717, 1.165) is 5.56 Å². The standard InChI is InChI=1S/C18H17NO4S/c1-12(20)14-6-9-17-15(10-14)11-18(19(17)24(3,21)22)13-4-7-16(23-2)8-5-13/h4-11H,1-3H3. The monoisotopic (exact) mass is 343 g/mol. The summed E-state index contributed by atoms with van der Waals surface area (Å²) in [6, 6.07) is 14.0. The van der Waals surface area contributed by atoms with Gasteiger partial charge in [-0.05, 0) is 61.0 Å². The third kappa shape index (κ3) is 2.80. The van der Waals surface area contributed by atoms with E-state index < -0.39 is 10.0 Å². The number of benzene rings is 2. The largest absolute Gasteiger partial charge is 0.497 e. The van der Waals surface area contributed by atoms with Crippen molar-refractivity contribution in [2.45, 2.75) is 6.92 Å². The van der Waals surface area contributed by atoms with Gasteiger partial charge in [0.15, 0.2) is 5.78 Å². The third-order valence-corrected chi connectivity index (χ3v) is 4.94. The summed E-state index contributed by atoms with van der Waals surface area (Å²) in [6.45, 7) is 1.49. The second-order valence-corrected chi connectivity index (χ2v) is 7.45. The number of Topliss-reactive ketones (excluding diaryl/α,β-unsaturated/α-hetero) is 1. The molecule has 0 aliphatic rings. The molecule has 3 aromatic rings. The van der Waals surface area contributed by atoms with Crippen LogP contribution in [0, 0.1) is 0 Å². The van der Waals surface area contributed by atoms with E-state index in [1.54, 1.807) is 55.6 Å². The van der Waals surface area contributed by atoms with Crippen molar-refractivity contribution in [2.75, 3.05) is 13.4 Å². The minimum absolute atomic E-state index is 0.0602. The Hall–Kier alpha value is -2.60. The molecule has 3 rings (SSSR count). The topological polar surface area (TPSA) is 65.4 Å². The first-order valence-electron chi connectivity index (χ1n) is 7.32. The number of hydrogen-bond acceptors (Lipinski definition) is 4. The molecule has 0 amide bonds. The molecule has 0 fully saturated rings. The Morgan fingerprint density at radius 1 is 1.04 bits per heavy atom. The van der Waals surface area contributed by atoms with Crippen LogP contribution in [0.4, 0.5) is 0 Å². The molecule has 24 heavy (non-hydrogen) atoms. The van der Waals surface area contributed by atoms with E-state index in [-0.39, 0.29) is 5.78 Å². The van der Waals surface area contributed by atoms with Crippen LogP contribution in [-0.4, -0.2) is 31.5 Å². The predicted molar refractivity (Wildman–Crippen MR) is 94.2 cm³/mol. The minimum atomic E-state index is -3.51. The quantitative estimate of drug-likeness (QED) is 0.682. The summed E-state index contributed by atoms with van der Waals surface area (Å²) in [5.41, 5.74) is 2.40. The Bertz CT molecular complexity index is 1030. The van der Waals surface area contributed by atoms with Crippen molar-refractivity contribution in [3.8, 4) is 17.0 Å². The first-order valence-corrected chi connectivity index (χ1v) is 9.17. The molecule has 5 nitrogen and oxygen atoms in total. The molecule has 0 unspecified atom stereocenters. The highest BCUT2D eigenvalue weighted by Crippen LogP contribution is 2.31. The lowest BCUT2D eigenvalue weighted by Crippen LogP contribution is -2.11. The number of carbonyl (C=O) groups is 1. The Morgan fingerprint density at radius 2 is 1.71 bits per heavy atom. The van der Waals surface area contributed by atoms with Crippen molar-refractivity contribution in [2.24, 2.45) is 0 Å². The van der Waals surface area contributed by atoms with Crippen LogP contribution < -0.4 is 4.74 Å². The predicted octanol–water partition coefficient (Wildman–Crippen LogP) is 3.33. The molecule has 1 aromatic heterocycles. The molecule has 0 spiro atoms. The van der Waals surface area contributed by atoms with Crippen LogP contribution in [0.3, 0.4) is 0 Å². The van der Waals surface area contributed by atoms with Gasteiger partial charge >= 0.3 is 0 Å². The van der Waals surface area contributed by atoms with Gasteiger partial charge in [0.25, 0.3) is 0 Å². The van der Waals surface area contributed by atoms with Gasteiger partial charge in [-0.1, -0.05) is 0 Å². The molecule has 0 N–H and O–H groups in total. The molecule has 0 aliphatic heterocycles. The lowest BCUT2D eigenvalue weighted by atomic mass is 10.1. The molecule has 0 radical (unpaired) electrons. The van der Waals surface area contributed by atoms with E-state index in [9.17, 15) is 13.2 Å². The number of ketones is 1. The van der Waals surface area contributed by atoms with Crippen molar-refractivity contribution >= 4 is 26.7 Å². The molecular formula is C18H17NO4S. The molecule has 0 saturated heterocycles. The van der Waals surface area contributed by atoms with Crippen LogP contribution in [0.25, 0.3) is 22.2 Å². The van der Waals surface area contributed by atoms with Crippen LogP contribution in [0.5, 0.6) is 5.75 Å². The van der Waals surface area contributed by atoms with Gasteiger partial charge in [-0.3, -0.25) is 4.79 Å². The minimum Gasteiger partial charge on any atom is -0.497 e. The lowest BCUT2D eigenvalue weighted by Gasteiger charge is -2.09. The highest BCUT2D eigenvalue weighted by molar-refractivity contribution is 7.89. The van der Waals surface area contributed by atoms with Crippen LogP contribution in [0.2, 0.25) is 0 Å². The van der Waals surface area contributed by atoms with Crippen molar-refractivity contribution in [1.29, 1.82) is 0 Å². The molecule has 1 heterocycles. The third-order valence-electron chi connectivity index (χ3n) is 3.88. The average molecular weight is 343 g/mol. The van der Waals surface area contributed by atoms with E-state index in [1.807, 2.05) is 0 Å². The number of rotatable bonds is 4. The average Bonchev–Trinajstić information content (AvgIpc) is 2.93. The van der Waals surface area contributed by atoms with Gasteiger partial charge in [0.2, 0.25) is 10.0 Å². The van der Waals surface area contributed by atoms with Gasteiger partial charge in [0.05, 0.1) is 24.6 Å². The Labute approximate surface area is 140 Å². The number of fused-ring (bicyclic) bond motifs is 1. The van der Waals surface area contributed by atoms with Crippen molar-refractivity contribution in [3.05, 3.63) is 54.1 Å². The van der Waals surface area contributed by atoms with Crippen LogP contribution >= 0.6 is 0 Å². The normalized spacial score (nSPS) is 11.6. The summed E-state index contributed by atoms with van der Waals surface area (Å²) in [5.74, 6) is 0.634. The zero-order chi connectivity index (χ0) is 17.5. The number of methoxy groups -OCH3 is 1. The maximum atomic E-state index is 12.3. The lowest BCUT2D eigenvalue weighted by molar-refractivity contribution is 0.101. The summed E-state index contributed by atoms with van der Waals surface area (Å²) in [7, 11) is -1.94. The van der Waals surface area contributed by atoms with Gasteiger partial charge in [-0.15, -0.1) is 0 Å². The smallest absolute Gasteiger partial charge is 0.236 e. The van der Waals surface area contributed by atoms with E-state index >= 15 is 0 Å². The van der Waals surface area contributed by atoms with Crippen molar-refractivity contribution in [1.82, 2.24) is 3.97 Å². The molecule has 0 atom stereocenters. The van der Waals surface area contributed by atoms with Gasteiger partial charge in [-0.25, -0.2) is 12.4 Å². The Morgan fingerprint density at radius 3 is 2.25 bits per heavy atom. The first kappa shape index (κ1) is 16.3. The summed E-state index contributed by atoms with van der Waals surface area (Å²) in [4.78, 5) is 11.6. The second kappa shape index (κ2) is 5.79. The summed E-state index contributed by atoms with van der Waals surface area (Å²) in [6.07, 6.45) is 1.17. The van der Waals surface area contributed by atoms with Gasteiger partial charge in [-0.2, -0.15) is 0 Å². The fourth-order valence-corrected chi connectivity index (χ4v) is 3.77. The fraction of sp³-hybridized carbons (Fsp3) is 0.167. The summed E-state index contributed by atoms with van der Waals surface area (Å²) in [5, 5.41) is 0.707. The van der Waals surface area contributed by atoms with Gasteiger partial charge in [0.1, 0.15) is 5.75 Å². The first-order chi connectivity index (χ1) is 11.3. The van der Waals surface area contributed by atoms with E-state index in [1.165, 1.54) is 17.2 Å². The summed E-state index contributed by atoms with van der Waals surface area (Å²) >= 11 is 0. The number of carbonyl (C=O) groups excluding carboxylic acids is 1. The second-order valence-electron chi connectivity index (χ2n) is 5.62. The van der Waals surface area contributed by atoms with Crippen molar-refractivity contribution in [3.63, 3.8) is 0 Å². The molecule has 2 aromatic carbocycles. The maximum Gasteiger partial charge on any atom is 0.236 e.